The topological polar surface area (TPSA) is 206 Å². The second-order valence-corrected chi connectivity index (χ2v) is 6.23. The van der Waals surface area contributed by atoms with Crippen molar-refractivity contribution < 1.29 is 34.0 Å². The van der Waals surface area contributed by atoms with E-state index in [0.29, 0.717) is 29.5 Å². The van der Waals surface area contributed by atoms with E-state index < -0.39 is 18.0 Å². The number of hydrogen-bond donors (Lipinski definition) is 5. The van der Waals surface area contributed by atoms with Gasteiger partial charge >= 0.3 is 11.9 Å². The molecule has 2 aromatic rings. The van der Waals surface area contributed by atoms with Crippen molar-refractivity contribution in [3.8, 4) is 17.2 Å². The van der Waals surface area contributed by atoms with E-state index in [1.54, 1.807) is 27.5 Å². The molecule has 0 bridgehead atoms. The molecule has 170 valence electrons. The van der Waals surface area contributed by atoms with Gasteiger partial charge < -0.3 is 41.6 Å². The van der Waals surface area contributed by atoms with Crippen LogP contribution in [-0.4, -0.2) is 59.5 Å². The lowest BCUT2D eigenvalue weighted by molar-refractivity contribution is -0.139. The maximum atomic E-state index is 9.99. The number of aliphatic carboxylic acids is 2. The van der Waals surface area contributed by atoms with Crippen LogP contribution in [0.4, 0.5) is 11.8 Å². The number of nitrogen functional groups attached to an aromatic ring is 2. The Balaban J connectivity index is 0.000000407. The molecule has 1 unspecified atom stereocenters. The van der Waals surface area contributed by atoms with E-state index in [1.807, 2.05) is 12.1 Å². The van der Waals surface area contributed by atoms with E-state index in [0.717, 1.165) is 11.1 Å². The lowest BCUT2D eigenvalue weighted by Gasteiger charge is -2.14. The second-order valence-electron chi connectivity index (χ2n) is 6.23. The summed E-state index contributed by atoms with van der Waals surface area (Å²) >= 11 is 0. The van der Waals surface area contributed by atoms with Crippen LogP contribution in [0.15, 0.2) is 18.3 Å². The second kappa shape index (κ2) is 12.0. The van der Waals surface area contributed by atoms with Crippen molar-refractivity contribution >= 4 is 23.7 Å². The Bertz CT molecular complexity index is 882. The molecule has 8 N–H and O–H groups in total. The molecule has 1 atom stereocenters. The van der Waals surface area contributed by atoms with Gasteiger partial charge in [0.25, 0.3) is 0 Å². The van der Waals surface area contributed by atoms with Crippen LogP contribution in [0, 0.1) is 0 Å². The SMILES string of the molecule is COc1cc(Cc2cnc(N)nc2N)cc(OC)c1OC.NC(CCC(=O)O)C(=O)O. The Morgan fingerprint density at radius 2 is 1.65 bits per heavy atom. The Kier molecular flexibility index (Phi) is 9.79. The predicted octanol–water partition coefficient (Wildman–Crippen LogP) is 0.521. The molecule has 0 radical (unpaired) electrons. The number of anilines is 2. The molecule has 31 heavy (non-hydrogen) atoms. The van der Waals surface area contributed by atoms with Crippen LogP contribution < -0.4 is 31.4 Å². The number of methoxy groups -OCH3 is 3. The van der Waals surface area contributed by atoms with E-state index in [9.17, 15) is 9.59 Å². The molecule has 0 saturated heterocycles. The molecule has 12 nitrogen and oxygen atoms in total. The Hall–Kier alpha value is -3.80. The van der Waals surface area contributed by atoms with Gasteiger partial charge in [0, 0.05) is 24.6 Å². The quantitative estimate of drug-likeness (QED) is 0.364. The fourth-order valence-electron chi connectivity index (χ4n) is 2.43. The van der Waals surface area contributed by atoms with E-state index in [1.165, 1.54) is 0 Å². The highest BCUT2D eigenvalue weighted by molar-refractivity contribution is 5.74. The van der Waals surface area contributed by atoms with Crippen LogP contribution >= 0.6 is 0 Å². The van der Waals surface area contributed by atoms with Gasteiger partial charge in [-0.05, 0) is 24.1 Å². The lowest BCUT2D eigenvalue weighted by Crippen LogP contribution is -2.30. The molecule has 0 saturated carbocycles. The Morgan fingerprint density at radius 3 is 2.06 bits per heavy atom. The highest BCUT2D eigenvalue weighted by Crippen LogP contribution is 2.38. The summed E-state index contributed by atoms with van der Waals surface area (Å²) in [5, 5.41) is 16.3. The van der Waals surface area contributed by atoms with Crippen LogP contribution in [0.3, 0.4) is 0 Å². The summed E-state index contributed by atoms with van der Waals surface area (Å²) in [6, 6.07) is 2.66. The number of hydrogen-bond acceptors (Lipinski definition) is 10. The van der Waals surface area contributed by atoms with E-state index in [-0.39, 0.29) is 18.8 Å². The first-order valence-corrected chi connectivity index (χ1v) is 8.98. The summed E-state index contributed by atoms with van der Waals surface area (Å²) in [6.07, 6.45) is 1.92. The van der Waals surface area contributed by atoms with Gasteiger partial charge in [-0.2, -0.15) is 4.98 Å². The third kappa shape index (κ3) is 7.85. The number of carboxylic acids is 2. The van der Waals surface area contributed by atoms with Crippen LogP contribution in [0.25, 0.3) is 0 Å². The number of ether oxygens (including phenoxy) is 3. The molecular weight excluding hydrogens is 410 g/mol. The summed E-state index contributed by atoms with van der Waals surface area (Å²) in [6.45, 7) is 0. The number of nitrogens with two attached hydrogens (primary N) is 3. The zero-order valence-corrected chi connectivity index (χ0v) is 17.5. The van der Waals surface area contributed by atoms with E-state index >= 15 is 0 Å². The molecular formula is C19H27N5O7. The van der Waals surface area contributed by atoms with Crippen molar-refractivity contribution in [3.05, 3.63) is 29.5 Å². The Labute approximate surface area is 178 Å². The molecule has 0 aliphatic carbocycles. The highest BCUT2D eigenvalue weighted by atomic mass is 16.5. The first-order chi connectivity index (χ1) is 14.6. The molecule has 0 amide bonds. The third-order valence-electron chi connectivity index (χ3n) is 4.02. The number of carbonyl (C=O) groups is 2. The number of nitrogens with zero attached hydrogens (tertiary/aromatic N) is 2. The number of carboxylic acid groups (broad SMARTS) is 2. The maximum absolute atomic E-state index is 9.99. The minimum absolute atomic E-state index is 0.0231. The maximum Gasteiger partial charge on any atom is 0.320 e. The van der Waals surface area contributed by atoms with Gasteiger partial charge in [-0.25, -0.2) is 4.98 Å². The van der Waals surface area contributed by atoms with Gasteiger partial charge in [0.15, 0.2) is 11.5 Å². The summed E-state index contributed by atoms with van der Waals surface area (Å²) < 4.78 is 15.9. The van der Waals surface area contributed by atoms with Crippen molar-refractivity contribution in [1.82, 2.24) is 9.97 Å². The Morgan fingerprint density at radius 1 is 1.06 bits per heavy atom. The van der Waals surface area contributed by atoms with E-state index in [4.69, 9.17) is 41.6 Å². The van der Waals surface area contributed by atoms with Crippen molar-refractivity contribution in [1.29, 1.82) is 0 Å². The van der Waals surface area contributed by atoms with E-state index in [2.05, 4.69) is 9.97 Å². The minimum atomic E-state index is -1.17. The zero-order valence-electron chi connectivity index (χ0n) is 17.5. The molecule has 0 fully saturated rings. The smallest absolute Gasteiger partial charge is 0.320 e. The molecule has 0 aliphatic rings. The van der Waals surface area contributed by atoms with Crippen LogP contribution in [0.5, 0.6) is 17.2 Å². The number of aromatic nitrogens is 2. The molecule has 1 aromatic heterocycles. The average molecular weight is 437 g/mol. The van der Waals surface area contributed by atoms with Gasteiger partial charge in [0.05, 0.1) is 21.3 Å². The average Bonchev–Trinajstić information content (AvgIpc) is 2.73. The summed E-state index contributed by atoms with van der Waals surface area (Å²) in [5.74, 6) is 0.0317. The summed E-state index contributed by atoms with van der Waals surface area (Å²) in [4.78, 5) is 27.8. The van der Waals surface area contributed by atoms with Gasteiger partial charge in [-0.15, -0.1) is 0 Å². The van der Waals surface area contributed by atoms with Gasteiger partial charge in [-0.3, -0.25) is 9.59 Å². The zero-order chi connectivity index (χ0) is 23.6. The van der Waals surface area contributed by atoms with Crippen molar-refractivity contribution in [2.24, 2.45) is 5.73 Å². The van der Waals surface area contributed by atoms with Crippen LogP contribution in [-0.2, 0) is 16.0 Å². The van der Waals surface area contributed by atoms with Gasteiger partial charge in [-0.1, -0.05) is 0 Å². The van der Waals surface area contributed by atoms with Crippen molar-refractivity contribution in [3.63, 3.8) is 0 Å². The molecule has 1 heterocycles. The molecule has 1 aromatic carbocycles. The summed E-state index contributed by atoms with van der Waals surface area (Å²) in [7, 11) is 4.70. The molecule has 12 heteroatoms. The fraction of sp³-hybridized carbons (Fsp3) is 0.368. The third-order valence-corrected chi connectivity index (χ3v) is 4.02. The lowest BCUT2D eigenvalue weighted by atomic mass is 10.1. The molecule has 2 rings (SSSR count). The monoisotopic (exact) mass is 437 g/mol. The highest BCUT2D eigenvalue weighted by Gasteiger charge is 2.14. The first-order valence-electron chi connectivity index (χ1n) is 8.98. The standard InChI is InChI=1S/C14H18N4O3.C5H9NO4/c1-19-10-5-8(6-11(20-2)12(10)21-3)4-9-7-17-14(16)18-13(9)15;6-3(5(9)10)1-2-4(7)8/h5-7H,4H2,1-3H3,(H4,15,16,17,18);3H,1-2,6H2,(H,7,8)(H,9,10). The first kappa shape index (κ1) is 25.2. The fourth-order valence-corrected chi connectivity index (χ4v) is 2.43. The van der Waals surface area contributed by atoms with Crippen LogP contribution in [0.2, 0.25) is 0 Å². The summed E-state index contributed by atoms with van der Waals surface area (Å²) in [5.41, 5.74) is 18.1. The molecule has 0 aliphatic heterocycles. The minimum Gasteiger partial charge on any atom is -0.493 e. The molecule has 0 spiro atoms. The van der Waals surface area contributed by atoms with Crippen molar-refractivity contribution in [2.75, 3.05) is 32.8 Å². The van der Waals surface area contributed by atoms with Gasteiger partial charge in [0.2, 0.25) is 11.7 Å². The van der Waals surface area contributed by atoms with Crippen LogP contribution in [0.1, 0.15) is 24.0 Å². The number of benzene rings is 1. The van der Waals surface area contributed by atoms with Gasteiger partial charge in [0.1, 0.15) is 11.9 Å². The predicted molar refractivity (Wildman–Crippen MR) is 112 cm³/mol. The largest absolute Gasteiger partial charge is 0.493 e. The normalized spacial score (nSPS) is 11.0. The van der Waals surface area contributed by atoms with Crippen molar-refractivity contribution in [2.45, 2.75) is 25.3 Å². The number of rotatable bonds is 9.